The third kappa shape index (κ3) is 1.97. The van der Waals surface area contributed by atoms with Crippen molar-refractivity contribution < 1.29 is 19.3 Å². The summed E-state index contributed by atoms with van der Waals surface area (Å²) in [6, 6.07) is 5.88. The maximum Gasteiger partial charge on any atom is 0.277 e. The Morgan fingerprint density at radius 1 is 1.22 bits per heavy atom. The predicted molar refractivity (Wildman–Crippen MR) is 79.6 cm³/mol. The predicted octanol–water partition coefficient (Wildman–Crippen LogP) is 1.39. The number of carbonyl (C=O) groups is 3. The molecular weight excluding hydrogens is 324 g/mol. The van der Waals surface area contributed by atoms with Crippen molar-refractivity contribution in [1.29, 1.82) is 0 Å². The molecule has 8 heteroatoms. The minimum atomic E-state index is -1.96. The average molecular weight is 333 g/mol. The first kappa shape index (κ1) is 15.3. The number of nitrogens with zero attached hydrogens (tertiary/aromatic N) is 1. The Kier molecular flexibility index (Phi) is 3.28. The summed E-state index contributed by atoms with van der Waals surface area (Å²) in [6.07, 6.45) is 0.726. The van der Waals surface area contributed by atoms with Gasteiger partial charge in [-0.1, -0.05) is 24.3 Å². The lowest BCUT2D eigenvalue weighted by atomic mass is 9.71. The highest BCUT2D eigenvalue weighted by Crippen LogP contribution is 2.40. The van der Waals surface area contributed by atoms with Gasteiger partial charge < -0.3 is 5.73 Å². The van der Waals surface area contributed by atoms with Gasteiger partial charge in [0.25, 0.3) is 5.70 Å². The van der Waals surface area contributed by atoms with Crippen molar-refractivity contribution in [3.8, 4) is 0 Å². The third-order valence-corrected chi connectivity index (χ3v) is 4.32. The van der Waals surface area contributed by atoms with Crippen LogP contribution in [0.1, 0.15) is 27.1 Å². The Hall–Kier alpha value is -2.64. The van der Waals surface area contributed by atoms with E-state index in [4.69, 9.17) is 17.3 Å². The SMILES string of the molecule is NC1(C(=O)Cl)CC=C([N+](=O)[O-])C2=C1C(=O)c1ccccc1C2=O. The highest BCUT2D eigenvalue weighted by atomic mass is 35.5. The summed E-state index contributed by atoms with van der Waals surface area (Å²) >= 11 is 5.52. The molecule has 2 aliphatic rings. The molecule has 0 amide bonds. The van der Waals surface area contributed by atoms with E-state index >= 15 is 0 Å². The van der Waals surface area contributed by atoms with Crippen LogP contribution in [0.3, 0.4) is 0 Å². The van der Waals surface area contributed by atoms with Crippen LogP contribution in [0.15, 0.2) is 47.2 Å². The minimum absolute atomic E-state index is 0.0373. The van der Waals surface area contributed by atoms with Gasteiger partial charge in [-0.15, -0.1) is 0 Å². The molecule has 1 atom stereocenters. The Morgan fingerprint density at radius 2 is 1.78 bits per heavy atom. The highest BCUT2D eigenvalue weighted by molar-refractivity contribution is 6.66. The maximum atomic E-state index is 12.7. The monoisotopic (exact) mass is 332 g/mol. The van der Waals surface area contributed by atoms with Gasteiger partial charge in [-0.3, -0.25) is 24.5 Å². The molecule has 3 rings (SSSR count). The van der Waals surface area contributed by atoms with Crippen molar-refractivity contribution in [2.75, 3.05) is 0 Å². The van der Waals surface area contributed by atoms with Crippen LogP contribution in [-0.4, -0.2) is 27.3 Å². The van der Waals surface area contributed by atoms with Crippen molar-refractivity contribution in [3.05, 3.63) is 68.4 Å². The molecule has 0 radical (unpaired) electrons. The first-order valence-corrected chi connectivity index (χ1v) is 6.93. The van der Waals surface area contributed by atoms with Gasteiger partial charge in [0, 0.05) is 23.1 Å². The zero-order valence-electron chi connectivity index (χ0n) is 11.5. The number of fused-ring (bicyclic) bond motifs is 1. The molecule has 0 bridgehead atoms. The van der Waals surface area contributed by atoms with Gasteiger partial charge in [-0.05, 0) is 17.7 Å². The molecule has 23 heavy (non-hydrogen) atoms. The van der Waals surface area contributed by atoms with Crippen LogP contribution in [-0.2, 0) is 4.79 Å². The van der Waals surface area contributed by atoms with Crippen LogP contribution >= 0.6 is 11.6 Å². The molecule has 2 N–H and O–H groups in total. The molecular formula is C15H9ClN2O5. The van der Waals surface area contributed by atoms with Crippen LogP contribution in [0.4, 0.5) is 0 Å². The Morgan fingerprint density at radius 3 is 2.30 bits per heavy atom. The number of nitrogens with two attached hydrogens (primary N) is 1. The lowest BCUT2D eigenvalue weighted by Gasteiger charge is -2.33. The first-order valence-electron chi connectivity index (χ1n) is 6.56. The average Bonchev–Trinajstić information content (AvgIpc) is 2.51. The molecule has 116 valence electrons. The Bertz CT molecular complexity index is 870. The summed E-state index contributed by atoms with van der Waals surface area (Å²) in [5.41, 5.74) is 2.67. The fourth-order valence-corrected chi connectivity index (χ4v) is 3.02. The molecule has 1 aromatic rings. The second-order valence-electron chi connectivity index (χ2n) is 5.25. The van der Waals surface area contributed by atoms with Gasteiger partial charge in [0.15, 0.2) is 5.78 Å². The molecule has 0 aliphatic heterocycles. The standard InChI is InChI=1S/C15H9ClN2O5/c16-14(21)15(17)6-5-9(18(22)23)10-11(15)13(20)8-4-2-1-3-7(8)12(10)19/h1-5H,6,17H2. The zero-order valence-corrected chi connectivity index (χ0v) is 12.3. The lowest BCUT2D eigenvalue weighted by Crippen LogP contribution is -2.53. The molecule has 0 fully saturated rings. The fraction of sp³-hybridized carbons (Fsp3) is 0.133. The normalized spacial score (nSPS) is 23.1. The topological polar surface area (TPSA) is 120 Å². The largest absolute Gasteiger partial charge is 0.314 e. The van der Waals surface area contributed by atoms with Crippen LogP contribution < -0.4 is 5.73 Å². The second kappa shape index (κ2) is 4.94. The number of hydrogen-bond donors (Lipinski definition) is 1. The fourth-order valence-electron chi connectivity index (χ4n) is 2.85. The van der Waals surface area contributed by atoms with Gasteiger partial charge in [0.1, 0.15) is 11.1 Å². The van der Waals surface area contributed by atoms with Gasteiger partial charge in [-0.2, -0.15) is 0 Å². The smallest absolute Gasteiger partial charge is 0.277 e. The lowest BCUT2D eigenvalue weighted by molar-refractivity contribution is -0.420. The summed E-state index contributed by atoms with van der Waals surface area (Å²) in [4.78, 5) is 47.6. The van der Waals surface area contributed by atoms with Crippen molar-refractivity contribution in [2.24, 2.45) is 5.73 Å². The quantitative estimate of drug-likeness (QED) is 0.496. The number of carbonyl (C=O) groups excluding carboxylic acids is 3. The van der Waals surface area contributed by atoms with Crippen LogP contribution in [0, 0.1) is 10.1 Å². The van der Waals surface area contributed by atoms with Gasteiger partial charge >= 0.3 is 0 Å². The number of ketones is 2. The Balaban J connectivity index is 2.37. The maximum absolute atomic E-state index is 12.7. The summed E-state index contributed by atoms with van der Waals surface area (Å²) in [7, 11) is 0. The number of Topliss-reactive ketones (excluding diaryl/α,β-unsaturated/α-hetero) is 2. The second-order valence-corrected chi connectivity index (χ2v) is 5.59. The molecule has 0 spiro atoms. The van der Waals surface area contributed by atoms with E-state index in [9.17, 15) is 24.5 Å². The molecule has 0 saturated carbocycles. The van der Waals surface area contributed by atoms with E-state index < -0.39 is 44.1 Å². The van der Waals surface area contributed by atoms with Crippen molar-refractivity contribution in [3.63, 3.8) is 0 Å². The van der Waals surface area contributed by atoms with E-state index in [2.05, 4.69) is 0 Å². The number of rotatable bonds is 2. The number of hydrogen-bond acceptors (Lipinski definition) is 6. The molecule has 2 aliphatic carbocycles. The molecule has 0 aromatic heterocycles. The van der Waals surface area contributed by atoms with Crippen LogP contribution in [0.25, 0.3) is 0 Å². The van der Waals surface area contributed by atoms with Crippen molar-refractivity contribution >= 4 is 28.4 Å². The number of allylic oxidation sites excluding steroid dienone is 1. The van der Waals surface area contributed by atoms with Crippen molar-refractivity contribution in [2.45, 2.75) is 12.0 Å². The van der Waals surface area contributed by atoms with Gasteiger partial charge in [-0.25, -0.2) is 0 Å². The minimum Gasteiger partial charge on any atom is -0.314 e. The Labute approximate surface area is 134 Å². The number of halogens is 1. The molecule has 1 unspecified atom stereocenters. The van der Waals surface area contributed by atoms with Gasteiger partial charge in [0.2, 0.25) is 11.0 Å². The van der Waals surface area contributed by atoms with E-state index in [0.717, 1.165) is 6.08 Å². The first-order chi connectivity index (χ1) is 10.8. The summed E-state index contributed by atoms with van der Waals surface area (Å²) in [5, 5.41) is 10.2. The molecule has 7 nitrogen and oxygen atoms in total. The number of benzene rings is 1. The molecule has 1 aromatic carbocycles. The van der Waals surface area contributed by atoms with E-state index in [0.29, 0.717) is 0 Å². The van der Waals surface area contributed by atoms with E-state index in [1.807, 2.05) is 0 Å². The van der Waals surface area contributed by atoms with Crippen LogP contribution in [0.5, 0.6) is 0 Å². The van der Waals surface area contributed by atoms with Crippen LogP contribution in [0.2, 0.25) is 0 Å². The summed E-state index contributed by atoms with van der Waals surface area (Å²) in [5.74, 6) is -1.41. The number of nitro groups is 1. The highest BCUT2D eigenvalue weighted by Gasteiger charge is 2.51. The zero-order chi connectivity index (χ0) is 16.9. The van der Waals surface area contributed by atoms with E-state index in [-0.39, 0.29) is 17.5 Å². The summed E-state index contributed by atoms with van der Waals surface area (Å²) < 4.78 is 0. The van der Waals surface area contributed by atoms with E-state index in [1.165, 1.54) is 18.2 Å². The summed E-state index contributed by atoms with van der Waals surface area (Å²) in [6.45, 7) is 0. The molecule has 0 heterocycles. The van der Waals surface area contributed by atoms with Crippen molar-refractivity contribution in [1.82, 2.24) is 0 Å². The molecule has 0 saturated heterocycles. The van der Waals surface area contributed by atoms with Gasteiger partial charge in [0.05, 0.1) is 4.92 Å². The van der Waals surface area contributed by atoms with E-state index in [1.54, 1.807) is 6.07 Å². The third-order valence-electron chi connectivity index (χ3n) is 3.99.